The van der Waals surface area contributed by atoms with Gasteiger partial charge in [0.15, 0.2) is 0 Å². The Morgan fingerprint density at radius 3 is 2.60 bits per heavy atom. The number of hydrogen-bond donors (Lipinski definition) is 1. The van der Waals surface area contributed by atoms with Crippen molar-refractivity contribution in [2.45, 2.75) is 19.6 Å². The van der Waals surface area contributed by atoms with Crippen LogP contribution in [0, 0.1) is 6.92 Å². The molecule has 0 amide bonds. The summed E-state index contributed by atoms with van der Waals surface area (Å²) in [6, 6.07) is 11.0. The molecular formula is C15H18N2O3. The van der Waals surface area contributed by atoms with E-state index in [2.05, 4.69) is 5.10 Å². The lowest BCUT2D eigenvalue weighted by molar-refractivity contribution is 0.0505. The molecule has 1 N–H and O–H groups in total. The predicted octanol–water partition coefficient (Wildman–Crippen LogP) is 1.23. The molecular weight excluding hydrogens is 256 g/mol. The Labute approximate surface area is 117 Å². The van der Waals surface area contributed by atoms with Gasteiger partial charge in [0, 0.05) is 18.7 Å². The summed E-state index contributed by atoms with van der Waals surface area (Å²) >= 11 is 0. The number of nitrogens with zero attached hydrogens (tertiary/aromatic N) is 2. The maximum atomic E-state index is 11.7. The number of aromatic nitrogens is 2. The van der Waals surface area contributed by atoms with E-state index in [1.165, 1.54) is 17.9 Å². The van der Waals surface area contributed by atoms with Crippen molar-refractivity contribution >= 4 is 0 Å². The zero-order chi connectivity index (χ0) is 14.5. The lowest BCUT2D eigenvalue weighted by atomic mass is 10.1. The molecule has 0 aliphatic carbocycles. The van der Waals surface area contributed by atoms with Crippen molar-refractivity contribution in [1.29, 1.82) is 0 Å². The first-order valence-electron chi connectivity index (χ1n) is 6.42. The highest BCUT2D eigenvalue weighted by atomic mass is 16.5. The summed E-state index contributed by atoms with van der Waals surface area (Å²) in [4.78, 5) is 11.7. The van der Waals surface area contributed by atoms with Crippen molar-refractivity contribution in [3.63, 3.8) is 0 Å². The van der Waals surface area contributed by atoms with Crippen LogP contribution < -0.4 is 5.56 Å². The molecule has 106 valence electrons. The lowest BCUT2D eigenvalue weighted by Gasteiger charge is -2.11. The molecule has 1 aromatic carbocycles. The second kappa shape index (κ2) is 6.45. The number of methoxy groups -OCH3 is 1. The number of aliphatic hydroxyl groups excluding tert-OH is 1. The second-order valence-corrected chi connectivity index (χ2v) is 4.71. The molecule has 2 rings (SSSR count). The molecule has 1 atom stereocenters. The number of ether oxygens (including phenoxy) is 1. The topological polar surface area (TPSA) is 64.3 Å². The number of aliphatic hydroxyl groups is 1. The van der Waals surface area contributed by atoms with Gasteiger partial charge in [0.2, 0.25) is 0 Å². The lowest BCUT2D eigenvalue weighted by Crippen LogP contribution is -2.30. The zero-order valence-electron chi connectivity index (χ0n) is 11.6. The van der Waals surface area contributed by atoms with Crippen LogP contribution >= 0.6 is 0 Å². The Morgan fingerprint density at radius 1 is 1.25 bits per heavy atom. The Balaban J connectivity index is 2.28. The first-order valence-corrected chi connectivity index (χ1v) is 6.42. The maximum absolute atomic E-state index is 11.7. The molecule has 0 fully saturated rings. The van der Waals surface area contributed by atoms with Crippen molar-refractivity contribution in [2.24, 2.45) is 0 Å². The van der Waals surface area contributed by atoms with Gasteiger partial charge in [0.25, 0.3) is 5.56 Å². The van der Waals surface area contributed by atoms with Gasteiger partial charge in [-0.2, -0.15) is 5.10 Å². The van der Waals surface area contributed by atoms with Crippen LogP contribution in [0.2, 0.25) is 0 Å². The summed E-state index contributed by atoms with van der Waals surface area (Å²) in [5.41, 5.74) is 2.56. The van der Waals surface area contributed by atoms with E-state index in [-0.39, 0.29) is 18.7 Å². The van der Waals surface area contributed by atoms with Gasteiger partial charge >= 0.3 is 0 Å². The highest BCUT2D eigenvalue weighted by Crippen LogP contribution is 2.15. The van der Waals surface area contributed by atoms with Crippen molar-refractivity contribution in [1.82, 2.24) is 9.78 Å². The average Bonchev–Trinajstić information content (AvgIpc) is 2.42. The summed E-state index contributed by atoms with van der Waals surface area (Å²) in [6.45, 7) is 2.30. The van der Waals surface area contributed by atoms with Crippen LogP contribution in [0.25, 0.3) is 11.3 Å². The Morgan fingerprint density at radius 2 is 1.95 bits per heavy atom. The minimum Gasteiger partial charge on any atom is -0.389 e. The maximum Gasteiger partial charge on any atom is 0.266 e. The molecule has 0 bridgehead atoms. The van der Waals surface area contributed by atoms with Crippen molar-refractivity contribution in [3.8, 4) is 11.3 Å². The molecule has 0 aliphatic rings. The molecule has 0 spiro atoms. The largest absolute Gasteiger partial charge is 0.389 e. The quantitative estimate of drug-likeness (QED) is 0.890. The summed E-state index contributed by atoms with van der Waals surface area (Å²) in [7, 11) is 1.50. The zero-order valence-corrected chi connectivity index (χ0v) is 11.6. The third-order valence-corrected chi connectivity index (χ3v) is 2.96. The van der Waals surface area contributed by atoms with Crippen LogP contribution in [0.4, 0.5) is 0 Å². The van der Waals surface area contributed by atoms with Gasteiger partial charge in [-0.15, -0.1) is 0 Å². The van der Waals surface area contributed by atoms with Gasteiger partial charge in [-0.3, -0.25) is 4.79 Å². The van der Waals surface area contributed by atoms with Crippen LogP contribution in [0.1, 0.15) is 5.56 Å². The van der Waals surface area contributed by atoms with Gasteiger partial charge in [-0.05, 0) is 13.0 Å². The molecule has 0 aliphatic heterocycles. The van der Waals surface area contributed by atoms with E-state index in [0.29, 0.717) is 5.69 Å². The molecule has 1 heterocycles. The summed E-state index contributed by atoms with van der Waals surface area (Å²) in [5, 5.41) is 14.0. The summed E-state index contributed by atoms with van der Waals surface area (Å²) < 4.78 is 6.11. The van der Waals surface area contributed by atoms with Crippen LogP contribution in [-0.4, -0.2) is 34.7 Å². The molecule has 0 radical (unpaired) electrons. The fourth-order valence-corrected chi connectivity index (χ4v) is 1.90. The SMILES string of the molecule is COCC(O)Cn1nc(-c2ccc(C)cc2)ccc1=O. The third-order valence-electron chi connectivity index (χ3n) is 2.96. The molecule has 20 heavy (non-hydrogen) atoms. The normalized spacial score (nSPS) is 12.3. The van der Waals surface area contributed by atoms with Crippen LogP contribution in [0.5, 0.6) is 0 Å². The number of aryl methyl sites for hydroxylation is 1. The van der Waals surface area contributed by atoms with E-state index in [1.807, 2.05) is 31.2 Å². The smallest absolute Gasteiger partial charge is 0.266 e. The highest BCUT2D eigenvalue weighted by molar-refractivity contribution is 5.58. The van der Waals surface area contributed by atoms with E-state index in [1.54, 1.807) is 6.07 Å². The number of benzene rings is 1. The van der Waals surface area contributed by atoms with Crippen molar-refractivity contribution in [2.75, 3.05) is 13.7 Å². The number of hydrogen-bond acceptors (Lipinski definition) is 4. The fraction of sp³-hybridized carbons (Fsp3) is 0.333. The number of rotatable bonds is 5. The minimum absolute atomic E-state index is 0.117. The first kappa shape index (κ1) is 14.4. The standard InChI is InChI=1S/C15H18N2O3/c1-11-3-5-12(6-4-11)14-7-8-15(19)17(16-14)9-13(18)10-20-2/h3-8,13,18H,9-10H2,1-2H3. The summed E-state index contributed by atoms with van der Waals surface area (Å²) in [6.07, 6.45) is -0.751. The molecule has 2 aromatic rings. The Hall–Kier alpha value is -1.98. The average molecular weight is 274 g/mol. The van der Waals surface area contributed by atoms with E-state index in [9.17, 15) is 9.90 Å². The highest BCUT2D eigenvalue weighted by Gasteiger charge is 2.08. The minimum atomic E-state index is -0.751. The predicted molar refractivity (Wildman–Crippen MR) is 76.6 cm³/mol. The Kier molecular flexibility index (Phi) is 4.65. The van der Waals surface area contributed by atoms with E-state index in [0.717, 1.165) is 11.1 Å². The van der Waals surface area contributed by atoms with E-state index in [4.69, 9.17) is 4.74 Å². The van der Waals surface area contributed by atoms with Gasteiger partial charge in [0.05, 0.1) is 24.9 Å². The first-order chi connectivity index (χ1) is 9.60. The van der Waals surface area contributed by atoms with E-state index < -0.39 is 6.10 Å². The van der Waals surface area contributed by atoms with E-state index >= 15 is 0 Å². The summed E-state index contributed by atoms with van der Waals surface area (Å²) in [5.74, 6) is 0. The molecule has 1 unspecified atom stereocenters. The van der Waals surface area contributed by atoms with Gasteiger partial charge in [-0.1, -0.05) is 29.8 Å². The van der Waals surface area contributed by atoms with Crippen molar-refractivity contribution in [3.05, 3.63) is 52.3 Å². The van der Waals surface area contributed by atoms with Crippen molar-refractivity contribution < 1.29 is 9.84 Å². The molecule has 0 saturated heterocycles. The van der Waals surface area contributed by atoms with Crippen LogP contribution in [0.15, 0.2) is 41.2 Å². The van der Waals surface area contributed by atoms with Gasteiger partial charge < -0.3 is 9.84 Å². The van der Waals surface area contributed by atoms with Crippen LogP contribution in [-0.2, 0) is 11.3 Å². The van der Waals surface area contributed by atoms with Gasteiger partial charge in [-0.25, -0.2) is 4.68 Å². The third kappa shape index (κ3) is 3.53. The molecule has 0 saturated carbocycles. The molecule has 5 heteroatoms. The fourth-order valence-electron chi connectivity index (χ4n) is 1.90. The van der Waals surface area contributed by atoms with Gasteiger partial charge in [0.1, 0.15) is 0 Å². The molecule has 1 aromatic heterocycles. The second-order valence-electron chi connectivity index (χ2n) is 4.71. The monoisotopic (exact) mass is 274 g/mol. The van der Waals surface area contributed by atoms with Crippen LogP contribution in [0.3, 0.4) is 0 Å². The molecule has 5 nitrogen and oxygen atoms in total. The Bertz CT molecular complexity index is 620.